The smallest absolute Gasteiger partial charge is 0.317 e. The van der Waals surface area contributed by atoms with Crippen molar-refractivity contribution in [2.75, 3.05) is 18.4 Å². The Balaban J connectivity index is 2.46. The number of rotatable bonds is 8. The van der Waals surface area contributed by atoms with Crippen molar-refractivity contribution >= 4 is 17.6 Å². The molecule has 0 saturated carbocycles. The molecule has 0 saturated heterocycles. The fourth-order valence-electron chi connectivity index (χ4n) is 1.88. The van der Waals surface area contributed by atoms with Gasteiger partial charge in [-0.25, -0.2) is 0 Å². The van der Waals surface area contributed by atoms with Gasteiger partial charge in [-0.1, -0.05) is 25.1 Å². The molecule has 0 aliphatic rings. The molecular formula is C15H22N2O3. The maximum atomic E-state index is 11.8. The van der Waals surface area contributed by atoms with E-state index in [2.05, 4.69) is 5.32 Å². The molecule has 1 unspecified atom stereocenters. The van der Waals surface area contributed by atoms with Crippen LogP contribution in [0.4, 0.5) is 5.69 Å². The van der Waals surface area contributed by atoms with Crippen molar-refractivity contribution in [3.63, 3.8) is 0 Å². The molecule has 1 atom stereocenters. The molecule has 1 aromatic carbocycles. The van der Waals surface area contributed by atoms with Gasteiger partial charge >= 0.3 is 5.97 Å². The minimum atomic E-state index is -0.867. The third-order valence-corrected chi connectivity index (χ3v) is 3.24. The normalized spacial score (nSPS) is 12.2. The summed E-state index contributed by atoms with van der Waals surface area (Å²) in [5.74, 6) is -0.969. The number of carboxylic acids is 1. The Hall–Kier alpha value is -1.88. The summed E-state index contributed by atoms with van der Waals surface area (Å²) >= 11 is 0. The molecule has 1 rings (SSSR count). The molecule has 0 aromatic heterocycles. The number of amides is 1. The zero-order valence-electron chi connectivity index (χ0n) is 12.0. The van der Waals surface area contributed by atoms with E-state index in [-0.39, 0.29) is 24.9 Å². The first-order valence-electron chi connectivity index (χ1n) is 6.83. The molecule has 0 bridgehead atoms. The number of carbonyl (C=O) groups is 2. The Bertz CT molecular complexity index is 434. The van der Waals surface area contributed by atoms with Gasteiger partial charge in [0.25, 0.3) is 0 Å². The molecule has 0 spiro atoms. The predicted octanol–water partition coefficient (Wildman–Crippen LogP) is 2.20. The number of nitrogens with zero attached hydrogens (tertiary/aromatic N) is 1. The summed E-state index contributed by atoms with van der Waals surface area (Å²) < 4.78 is 0. The Morgan fingerprint density at radius 3 is 2.50 bits per heavy atom. The van der Waals surface area contributed by atoms with E-state index in [4.69, 9.17) is 5.11 Å². The van der Waals surface area contributed by atoms with Crippen molar-refractivity contribution < 1.29 is 14.7 Å². The number of carboxylic acid groups (broad SMARTS) is 1. The summed E-state index contributed by atoms with van der Waals surface area (Å²) in [4.78, 5) is 24.5. The molecule has 5 nitrogen and oxygen atoms in total. The van der Waals surface area contributed by atoms with Gasteiger partial charge in [-0.15, -0.1) is 0 Å². The van der Waals surface area contributed by atoms with E-state index < -0.39 is 5.97 Å². The maximum Gasteiger partial charge on any atom is 0.317 e. The van der Waals surface area contributed by atoms with E-state index in [1.165, 1.54) is 0 Å². The minimum absolute atomic E-state index is 0.0341. The molecule has 0 heterocycles. The van der Waals surface area contributed by atoms with E-state index in [1.807, 2.05) is 49.1 Å². The first kappa shape index (κ1) is 16.2. The van der Waals surface area contributed by atoms with Gasteiger partial charge in [0.2, 0.25) is 5.91 Å². The Morgan fingerprint density at radius 1 is 1.30 bits per heavy atom. The number of benzene rings is 1. The largest absolute Gasteiger partial charge is 0.480 e. The standard InChI is InChI=1S/C15H22N2O3/c1-3-12(2)17(11-15(19)20)10-9-14(18)16-13-7-5-4-6-8-13/h4-8,12H,3,9-11H2,1-2H3,(H,16,18)(H,19,20). The average Bonchev–Trinajstić information content (AvgIpc) is 2.43. The summed E-state index contributed by atoms with van der Waals surface area (Å²) in [7, 11) is 0. The first-order valence-corrected chi connectivity index (χ1v) is 6.83. The highest BCUT2D eigenvalue weighted by Crippen LogP contribution is 2.07. The summed E-state index contributed by atoms with van der Waals surface area (Å²) in [5, 5.41) is 11.7. The van der Waals surface area contributed by atoms with Crippen LogP contribution >= 0.6 is 0 Å². The van der Waals surface area contributed by atoms with Crippen LogP contribution in [0, 0.1) is 0 Å². The van der Waals surface area contributed by atoms with E-state index in [0.717, 1.165) is 12.1 Å². The van der Waals surface area contributed by atoms with E-state index in [0.29, 0.717) is 6.54 Å². The van der Waals surface area contributed by atoms with Gasteiger partial charge in [0.1, 0.15) is 0 Å². The SMILES string of the molecule is CCC(C)N(CCC(=O)Nc1ccccc1)CC(=O)O. The van der Waals surface area contributed by atoms with Crippen LogP contribution in [0.5, 0.6) is 0 Å². The second-order valence-electron chi connectivity index (χ2n) is 4.79. The maximum absolute atomic E-state index is 11.8. The number of nitrogens with one attached hydrogen (secondary N) is 1. The van der Waals surface area contributed by atoms with Crippen LogP contribution in [-0.2, 0) is 9.59 Å². The van der Waals surface area contributed by atoms with Crippen LogP contribution in [0.15, 0.2) is 30.3 Å². The molecule has 0 radical (unpaired) electrons. The quantitative estimate of drug-likeness (QED) is 0.765. The molecule has 1 amide bonds. The van der Waals surface area contributed by atoms with E-state index in [1.54, 1.807) is 0 Å². The van der Waals surface area contributed by atoms with Crippen molar-refractivity contribution in [1.82, 2.24) is 4.90 Å². The third kappa shape index (κ3) is 5.84. The lowest BCUT2D eigenvalue weighted by Gasteiger charge is -2.26. The second-order valence-corrected chi connectivity index (χ2v) is 4.79. The van der Waals surface area contributed by atoms with Gasteiger partial charge in [-0.05, 0) is 25.5 Å². The number of hydrogen-bond donors (Lipinski definition) is 2. The van der Waals surface area contributed by atoms with Crippen molar-refractivity contribution in [3.05, 3.63) is 30.3 Å². The highest BCUT2D eigenvalue weighted by Gasteiger charge is 2.16. The fourth-order valence-corrected chi connectivity index (χ4v) is 1.88. The monoisotopic (exact) mass is 278 g/mol. The highest BCUT2D eigenvalue weighted by molar-refractivity contribution is 5.90. The minimum Gasteiger partial charge on any atom is -0.480 e. The summed E-state index contributed by atoms with van der Waals surface area (Å²) in [6, 6.07) is 9.38. The number of para-hydroxylation sites is 1. The first-order chi connectivity index (χ1) is 9.52. The molecule has 5 heteroatoms. The van der Waals surface area contributed by atoms with Crippen LogP contribution in [0.25, 0.3) is 0 Å². The Labute approximate surface area is 119 Å². The second kappa shape index (κ2) is 8.32. The fraction of sp³-hybridized carbons (Fsp3) is 0.467. The number of anilines is 1. The lowest BCUT2D eigenvalue weighted by molar-refractivity contribution is -0.139. The molecule has 20 heavy (non-hydrogen) atoms. The number of hydrogen-bond acceptors (Lipinski definition) is 3. The van der Waals surface area contributed by atoms with Crippen LogP contribution < -0.4 is 5.32 Å². The summed E-state index contributed by atoms with van der Waals surface area (Å²) in [6.45, 7) is 4.38. The molecule has 2 N–H and O–H groups in total. The molecule has 0 aliphatic heterocycles. The lowest BCUT2D eigenvalue weighted by atomic mass is 10.2. The van der Waals surface area contributed by atoms with Gasteiger partial charge in [0.05, 0.1) is 6.54 Å². The molecule has 0 aliphatic carbocycles. The number of aliphatic carboxylic acids is 1. The molecular weight excluding hydrogens is 256 g/mol. The Morgan fingerprint density at radius 2 is 1.95 bits per heavy atom. The van der Waals surface area contributed by atoms with Crippen LogP contribution in [0.1, 0.15) is 26.7 Å². The van der Waals surface area contributed by atoms with E-state index in [9.17, 15) is 9.59 Å². The van der Waals surface area contributed by atoms with Crippen molar-refractivity contribution in [2.24, 2.45) is 0 Å². The molecule has 110 valence electrons. The lowest BCUT2D eigenvalue weighted by Crippen LogP contribution is -2.39. The van der Waals surface area contributed by atoms with Crippen LogP contribution in [0.3, 0.4) is 0 Å². The van der Waals surface area contributed by atoms with Gasteiger partial charge in [0, 0.05) is 24.7 Å². The van der Waals surface area contributed by atoms with E-state index >= 15 is 0 Å². The topological polar surface area (TPSA) is 69.6 Å². The molecule has 1 aromatic rings. The van der Waals surface area contributed by atoms with Crippen molar-refractivity contribution in [3.8, 4) is 0 Å². The third-order valence-electron chi connectivity index (χ3n) is 3.24. The van der Waals surface area contributed by atoms with Crippen molar-refractivity contribution in [2.45, 2.75) is 32.7 Å². The van der Waals surface area contributed by atoms with Gasteiger partial charge in [-0.3, -0.25) is 14.5 Å². The summed E-state index contributed by atoms with van der Waals surface area (Å²) in [5.41, 5.74) is 0.755. The van der Waals surface area contributed by atoms with Gasteiger partial charge in [0.15, 0.2) is 0 Å². The zero-order valence-corrected chi connectivity index (χ0v) is 12.0. The average molecular weight is 278 g/mol. The molecule has 0 fully saturated rings. The highest BCUT2D eigenvalue weighted by atomic mass is 16.4. The van der Waals surface area contributed by atoms with Crippen LogP contribution in [-0.4, -0.2) is 41.0 Å². The number of carbonyl (C=O) groups excluding carboxylic acids is 1. The van der Waals surface area contributed by atoms with Crippen LogP contribution in [0.2, 0.25) is 0 Å². The summed E-state index contributed by atoms with van der Waals surface area (Å²) in [6.07, 6.45) is 1.14. The van der Waals surface area contributed by atoms with Gasteiger partial charge < -0.3 is 10.4 Å². The van der Waals surface area contributed by atoms with Crippen molar-refractivity contribution in [1.29, 1.82) is 0 Å². The Kier molecular flexibility index (Phi) is 6.73. The van der Waals surface area contributed by atoms with Gasteiger partial charge in [-0.2, -0.15) is 0 Å². The zero-order chi connectivity index (χ0) is 15.0. The predicted molar refractivity (Wildman–Crippen MR) is 78.7 cm³/mol.